The third-order valence-corrected chi connectivity index (χ3v) is 5.82. The summed E-state index contributed by atoms with van der Waals surface area (Å²) in [6.45, 7) is 0. The number of amides is 1. The van der Waals surface area contributed by atoms with E-state index in [9.17, 15) is 9.59 Å². The Morgan fingerprint density at radius 2 is 1.57 bits per heavy atom. The summed E-state index contributed by atoms with van der Waals surface area (Å²) in [5.74, 6) is 0.661. The van der Waals surface area contributed by atoms with Crippen LogP contribution in [-0.2, 0) is 0 Å². The minimum absolute atomic E-state index is 0.113. The zero-order valence-electron chi connectivity index (χ0n) is 16.5. The van der Waals surface area contributed by atoms with E-state index in [0.29, 0.717) is 33.0 Å². The molecule has 0 saturated heterocycles. The molecule has 4 rings (SSSR count). The molecule has 0 saturated carbocycles. The van der Waals surface area contributed by atoms with Crippen molar-refractivity contribution < 1.29 is 14.3 Å². The van der Waals surface area contributed by atoms with Gasteiger partial charge < -0.3 is 14.8 Å². The van der Waals surface area contributed by atoms with Gasteiger partial charge in [0, 0.05) is 15.6 Å². The maximum Gasteiger partial charge on any atom is 0.256 e. The Morgan fingerprint density at radius 3 is 2.30 bits per heavy atom. The molecule has 0 spiro atoms. The number of hydrogen-bond donors (Lipinski definition) is 1. The normalized spacial score (nSPS) is 10.6. The van der Waals surface area contributed by atoms with Gasteiger partial charge >= 0.3 is 0 Å². The van der Waals surface area contributed by atoms with Crippen LogP contribution in [0.4, 0.5) is 5.00 Å². The molecule has 0 atom stereocenters. The Balaban J connectivity index is 1.82. The fraction of sp³-hybridized carbons (Fsp3) is 0.0833. The number of rotatable bonds is 5. The first kappa shape index (κ1) is 19.7. The molecule has 4 aromatic rings. The standard InChI is InChI=1S/C24H19NO4S/c1-28-18-13-12-16(14-19(18)29-2)23(27)25-24-21(15-8-4-3-5-9-15)22(26)17-10-6-7-11-20(17)30-24/h3-14H,1-2H3,(H,25,27). The lowest BCUT2D eigenvalue weighted by atomic mass is 10.1. The van der Waals surface area contributed by atoms with Crippen LogP contribution in [0.2, 0.25) is 0 Å². The van der Waals surface area contributed by atoms with Crippen molar-refractivity contribution in [1.29, 1.82) is 0 Å². The van der Waals surface area contributed by atoms with Crippen LogP contribution < -0.4 is 20.2 Å². The molecular formula is C24H19NO4S. The van der Waals surface area contributed by atoms with Crippen molar-refractivity contribution in [3.05, 3.63) is 88.6 Å². The Labute approximate surface area is 177 Å². The van der Waals surface area contributed by atoms with Crippen molar-refractivity contribution in [1.82, 2.24) is 0 Å². The predicted molar refractivity (Wildman–Crippen MR) is 121 cm³/mol. The topological polar surface area (TPSA) is 64.6 Å². The lowest BCUT2D eigenvalue weighted by Crippen LogP contribution is -2.15. The van der Waals surface area contributed by atoms with Gasteiger partial charge in [0.05, 0.1) is 19.8 Å². The molecular weight excluding hydrogens is 398 g/mol. The van der Waals surface area contributed by atoms with Gasteiger partial charge in [0.2, 0.25) is 0 Å². The highest BCUT2D eigenvalue weighted by Gasteiger charge is 2.18. The summed E-state index contributed by atoms with van der Waals surface area (Å²) in [5, 5.41) is 4.06. The SMILES string of the molecule is COc1ccc(C(=O)Nc2sc3ccccc3c(=O)c2-c2ccccc2)cc1OC. The monoisotopic (exact) mass is 417 g/mol. The van der Waals surface area contributed by atoms with Gasteiger partial charge in [-0.2, -0.15) is 0 Å². The Hall–Kier alpha value is -3.64. The van der Waals surface area contributed by atoms with Crippen LogP contribution in [0.25, 0.3) is 21.2 Å². The molecule has 5 nitrogen and oxygen atoms in total. The smallest absolute Gasteiger partial charge is 0.256 e. The number of nitrogens with one attached hydrogen (secondary N) is 1. The van der Waals surface area contributed by atoms with E-state index in [0.717, 1.165) is 10.3 Å². The first-order chi connectivity index (χ1) is 14.6. The third-order valence-electron chi connectivity index (χ3n) is 4.73. The maximum atomic E-state index is 13.3. The predicted octanol–water partition coefficient (Wildman–Crippen LogP) is 5.20. The molecule has 0 aliphatic heterocycles. The van der Waals surface area contributed by atoms with E-state index in [1.165, 1.54) is 25.6 Å². The Bertz CT molecular complexity index is 1280. The van der Waals surface area contributed by atoms with Crippen LogP contribution in [0.3, 0.4) is 0 Å². The van der Waals surface area contributed by atoms with E-state index in [-0.39, 0.29) is 11.3 Å². The van der Waals surface area contributed by atoms with Gasteiger partial charge in [-0.25, -0.2) is 0 Å². The van der Waals surface area contributed by atoms with Crippen LogP contribution >= 0.6 is 11.3 Å². The minimum Gasteiger partial charge on any atom is -0.493 e. The van der Waals surface area contributed by atoms with Gasteiger partial charge in [0.25, 0.3) is 5.91 Å². The second kappa shape index (κ2) is 8.39. The Kier molecular flexibility index (Phi) is 5.50. The lowest BCUT2D eigenvalue weighted by Gasteiger charge is -2.13. The Morgan fingerprint density at radius 1 is 0.867 bits per heavy atom. The van der Waals surface area contributed by atoms with E-state index in [1.807, 2.05) is 48.5 Å². The highest BCUT2D eigenvalue weighted by Crippen LogP contribution is 2.34. The van der Waals surface area contributed by atoms with Crippen molar-refractivity contribution >= 4 is 32.3 Å². The number of hydrogen-bond acceptors (Lipinski definition) is 5. The average Bonchev–Trinajstić information content (AvgIpc) is 2.79. The number of methoxy groups -OCH3 is 2. The molecule has 0 unspecified atom stereocenters. The van der Waals surface area contributed by atoms with Gasteiger partial charge in [0.15, 0.2) is 16.9 Å². The molecule has 1 amide bonds. The molecule has 0 bridgehead atoms. The van der Waals surface area contributed by atoms with Gasteiger partial charge in [-0.1, -0.05) is 42.5 Å². The number of carbonyl (C=O) groups excluding carboxylic acids is 1. The third kappa shape index (κ3) is 3.65. The number of ether oxygens (including phenoxy) is 2. The number of benzene rings is 3. The van der Waals surface area contributed by atoms with E-state index in [4.69, 9.17) is 9.47 Å². The molecule has 0 fully saturated rings. The van der Waals surface area contributed by atoms with Crippen LogP contribution in [0, 0.1) is 0 Å². The molecule has 1 N–H and O–H groups in total. The lowest BCUT2D eigenvalue weighted by molar-refractivity contribution is 0.102. The van der Waals surface area contributed by atoms with Crippen molar-refractivity contribution in [2.24, 2.45) is 0 Å². The number of anilines is 1. The molecule has 0 radical (unpaired) electrons. The summed E-state index contributed by atoms with van der Waals surface area (Å²) < 4.78 is 11.3. The summed E-state index contributed by atoms with van der Waals surface area (Å²) in [4.78, 5) is 26.3. The molecule has 30 heavy (non-hydrogen) atoms. The molecule has 1 heterocycles. The summed E-state index contributed by atoms with van der Waals surface area (Å²) in [5.41, 5.74) is 1.53. The zero-order valence-corrected chi connectivity index (χ0v) is 17.3. The highest BCUT2D eigenvalue weighted by atomic mass is 32.1. The second-order valence-corrected chi connectivity index (χ2v) is 7.57. The van der Waals surface area contributed by atoms with E-state index >= 15 is 0 Å². The van der Waals surface area contributed by atoms with Crippen LogP contribution in [0.15, 0.2) is 77.6 Å². The first-order valence-electron chi connectivity index (χ1n) is 9.27. The van der Waals surface area contributed by atoms with Gasteiger partial charge in [-0.15, -0.1) is 11.3 Å². The summed E-state index contributed by atoms with van der Waals surface area (Å²) >= 11 is 1.38. The van der Waals surface area contributed by atoms with Crippen molar-refractivity contribution in [2.75, 3.05) is 19.5 Å². The van der Waals surface area contributed by atoms with Crippen LogP contribution in [0.5, 0.6) is 11.5 Å². The van der Waals surface area contributed by atoms with Gasteiger partial charge in [-0.05, 0) is 35.9 Å². The summed E-state index contributed by atoms with van der Waals surface area (Å²) in [7, 11) is 3.05. The zero-order chi connectivity index (χ0) is 21.1. The summed E-state index contributed by atoms with van der Waals surface area (Å²) in [6, 6.07) is 21.7. The first-order valence-corrected chi connectivity index (χ1v) is 10.1. The maximum absolute atomic E-state index is 13.3. The van der Waals surface area contributed by atoms with Gasteiger partial charge in [0.1, 0.15) is 5.00 Å². The van der Waals surface area contributed by atoms with Crippen molar-refractivity contribution in [3.8, 4) is 22.6 Å². The van der Waals surface area contributed by atoms with E-state index in [2.05, 4.69) is 5.32 Å². The molecule has 150 valence electrons. The van der Waals surface area contributed by atoms with Crippen LogP contribution in [-0.4, -0.2) is 20.1 Å². The molecule has 0 aliphatic carbocycles. The average molecular weight is 417 g/mol. The van der Waals surface area contributed by atoms with Crippen molar-refractivity contribution in [2.45, 2.75) is 0 Å². The van der Waals surface area contributed by atoms with Gasteiger partial charge in [-0.3, -0.25) is 9.59 Å². The minimum atomic E-state index is -0.334. The summed E-state index contributed by atoms with van der Waals surface area (Å²) in [6.07, 6.45) is 0. The molecule has 0 aliphatic rings. The molecule has 3 aromatic carbocycles. The number of carbonyl (C=O) groups is 1. The van der Waals surface area contributed by atoms with Crippen molar-refractivity contribution in [3.63, 3.8) is 0 Å². The highest BCUT2D eigenvalue weighted by molar-refractivity contribution is 7.22. The fourth-order valence-electron chi connectivity index (χ4n) is 3.25. The second-order valence-electron chi connectivity index (χ2n) is 6.52. The fourth-order valence-corrected chi connectivity index (χ4v) is 4.34. The largest absolute Gasteiger partial charge is 0.493 e. The number of fused-ring (bicyclic) bond motifs is 1. The van der Waals surface area contributed by atoms with E-state index in [1.54, 1.807) is 24.3 Å². The quantitative estimate of drug-likeness (QED) is 0.485. The van der Waals surface area contributed by atoms with Crippen LogP contribution in [0.1, 0.15) is 10.4 Å². The molecule has 1 aromatic heterocycles. The van der Waals surface area contributed by atoms with E-state index < -0.39 is 0 Å². The molecule has 6 heteroatoms.